The van der Waals surface area contributed by atoms with E-state index in [0.29, 0.717) is 32.5 Å². The molecule has 0 saturated carbocycles. The van der Waals surface area contributed by atoms with Crippen LogP contribution in [0.1, 0.15) is 12.0 Å². The van der Waals surface area contributed by atoms with Gasteiger partial charge in [-0.1, -0.05) is 18.2 Å². The summed E-state index contributed by atoms with van der Waals surface area (Å²) >= 11 is 0. The normalized spacial score (nSPS) is 20.8. The summed E-state index contributed by atoms with van der Waals surface area (Å²) in [5.41, 5.74) is 1.02. The van der Waals surface area contributed by atoms with Gasteiger partial charge in [0.05, 0.1) is 25.8 Å². The van der Waals surface area contributed by atoms with Gasteiger partial charge in [0.15, 0.2) is 0 Å². The molecule has 1 atom stereocenters. The van der Waals surface area contributed by atoms with Crippen LogP contribution in [-0.2, 0) is 11.2 Å². The number of hydrogen-bond donors (Lipinski definition) is 2. The van der Waals surface area contributed by atoms with Gasteiger partial charge in [-0.3, -0.25) is 4.79 Å². The average molecular weight is 333 g/mol. The average Bonchev–Trinajstić information content (AvgIpc) is 2.92. The van der Waals surface area contributed by atoms with Crippen LogP contribution in [0.4, 0.5) is 4.79 Å². The number of methoxy groups -OCH3 is 1. The number of nitrogens with one attached hydrogen (secondary N) is 1. The van der Waals surface area contributed by atoms with Gasteiger partial charge < -0.3 is 25.0 Å². The number of benzene rings is 1. The number of aliphatic hydroxyl groups excluding tert-OH is 1. The lowest BCUT2D eigenvalue weighted by molar-refractivity contribution is -0.137. The number of nitrogens with zero attached hydrogens (tertiary/aromatic N) is 2. The van der Waals surface area contributed by atoms with Crippen molar-refractivity contribution in [1.82, 2.24) is 15.1 Å². The predicted octanol–water partition coefficient (Wildman–Crippen LogP) is 0.225. The number of carbonyl (C=O) groups excluding carboxylic acids is 2. The third-order valence-corrected chi connectivity index (χ3v) is 4.68. The van der Waals surface area contributed by atoms with Gasteiger partial charge in [0, 0.05) is 26.1 Å². The summed E-state index contributed by atoms with van der Waals surface area (Å²) < 4.78 is 5.30. The molecular weight excluding hydrogens is 310 g/mol. The second-order valence-corrected chi connectivity index (χ2v) is 6.25. The quantitative estimate of drug-likeness (QED) is 0.780. The summed E-state index contributed by atoms with van der Waals surface area (Å²) in [4.78, 5) is 27.6. The van der Waals surface area contributed by atoms with Crippen LogP contribution in [0.3, 0.4) is 0 Å². The maximum absolute atomic E-state index is 12.3. The van der Waals surface area contributed by atoms with Crippen molar-refractivity contribution in [3.05, 3.63) is 29.8 Å². The number of aryl methyl sites for hydroxylation is 1. The van der Waals surface area contributed by atoms with Crippen LogP contribution in [0.2, 0.25) is 0 Å². The highest BCUT2D eigenvalue weighted by molar-refractivity contribution is 5.80. The monoisotopic (exact) mass is 333 g/mol. The van der Waals surface area contributed by atoms with Crippen LogP contribution in [-0.4, -0.2) is 72.3 Å². The first kappa shape index (κ1) is 16.6. The molecule has 3 amide bonds. The molecule has 2 aliphatic rings. The summed E-state index contributed by atoms with van der Waals surface area (Å²) in [7, 11) is 1.63. The largest absolute Gasteiger partial charge is 0.496 e. The van der Waals surface area contributed by atoms with Crippen LogP contribution in [0.15, 0.2) is 24.3 Å². The number of aliphatic hydroxyl groups is 1. The van der Waals surface area contributed by atoms with E-state index in [2.05, 4.69) is 5.32 Å². The molecule has 1 aromatic carbocycles. The van der Waals surface area contributed by atoms with E-state index in [1.165, 1.54) is 0 Å². The van der Waals surface area contributed by atoms with Crippen molar-refractivity contribution < 1.29 is 19.4 Å². The van der Waals surface area contributed by atoms with Gasteiger partial charge in [0.25, 0.3) is 0 Å². The van der Waals surface area contributed by atoms with Crippen molar-refractivity contribution in [1.29, 1.82) is 0 Å². The summed E-state index contributed by atoms with van der Waals surface area (Å²) in [6.45, 7) is 1.58. The molecule has 0 radical (unpaired) electrons. The van der Waals surface area contributed by atoms with Gasteiger partial charge in [-0.15, -0.1) is 0 Å². The highest BCUT2D eigenvalue weighted by Gasteiger charge is 2.41. The Balaban J connectivity index is 1.46. The maximum atomic E-state index is 12.3. The fourth-order valence-corrected chi connectivity index (χ4v) is 3.21. The summed E-state index contributed by atoms with van der Waals surface area (Å²) in [6.07, 6.45) is 1.07. The predicted molar refractivity (Wildman–Crippen MR) is 87.8 cm³/mol. The van der Waals surface area contributed by atoms with Crippen LogP contribution < -0.4 is 10.1 Å². The molecule has 24 heavy (non-hydrogen) atoms. The molecule has 1 unspecified atom stereocenters. The molecule has 7 heteroatoms. The Morgan fingerprint density at radius 2 is 2.08 bits per heavy atom. The van der Waals surface area contributed by atoms with E-state index in [4.69, 9.17) is 9.84 Å². The Bertz CT molecular complexity index is 616. The van der Waals surface area contributed by atoms with Crippen LogP contribution in [0, 0.1) is 0 Å². The lowest BCUT2D eigenvalue weighted by Gasteiger charge is -2.43. The van der Waals surface area contributed by atoms with Crippen molar-refractivity contribution >= 4 is 11.9 Å². The SMILES string of the molecule is COc1ccccc1CCC(=O)N1CC(N2CC(CO)NC2=O)C1. The lowest BCUT2D eigenvalue weighted by atomic mass is 10.0. The molecule has 2 N–H and O–H groups in total. The lowest BCUT2D eigenvalue weighted by Crippen LogP contribution is -2.61. The summed E-state index contributed by atoms with van der Waals surface area (Å²) in [5.74, 6) is 0.894. The van der Waals surface area contributed by atoms with Crippen molar-refractivity contribution in [3.8, 4) is 5.75 Å². The maximum Gasteiger partial charge on any atom is 0.318 e. The minimum atomic E-state index is -0.201. The van der Waals surface area contributed by atoms with E-state index in [-0.39, 0.29) is 30.6 Å². The molecule has 2 fully saturated rings. The van der Waals surface area contributed by atoms with E-state index >= 15 is 0 Å². The number of hydrogen-bond acceptors (Lipinski definition) is 4. The highest BCUT2D eigenvalue weighted by atomic mass is 16.5. The second-order valence-electron chi connectivity index (χ2n) is 6.25. The van der Waals surface area contributed by atoms with Gasteiger partial charge in [0.1, 0.15) is 5.75 Å². The van der Waals surface area contributed by atoms with Crippen molar-refractivity contribution in [2.75, 3.05) is 33.4 Å². The fourth-order valence-electron chi connectivity index (χ4n) is 3.21. The van der Waals surface area contributed by atoms with Crippen LogP contribution in [0.25, 0.3) is 0 Å². The van der Waals surface area contributed by atoms with Gasteiger partial charge >= 0.3 is 6.03 Å². The van der Waals surface area contributed by atoms with E-state index in [1.807, 2.05) is 24.3 Å². The Morgan fingerprint density at radius 1 is 1.33 bits per heavy atom. The standard InChI is InChI=1S/C17H23N3O4/c1-24-15-5-3-2-4-12(15)6-7-16(22)19-9-14(10-19)20-8-13(11-21)18-17(20)23/h2-5,13-14,21H,6-11H2,1H3,(H,18,23). The molecule has 0 aromatic heterocycles. The van der Waals surface area contributed by atoms with Gasteiger partial charge in [-0.05, 0) is 18.1 Å². The minimum absolute atomic E-state index is 0.0526. The van der Waals surface area contributed by atoms with Crippen molar-refractivity contribution in [2.45, 2.75) is 24.9 Å². The molecule has 2 aliphatic heterocycles. The third kappa shape index (κ3) is 3.31. The second kappa shape index (κ2) is 7.09. The molecule has 2 heterocycles. The molecule has 2 saturated heterocycles. The Kier molecular flexibility index (Phi) is 4.89. The molecule has 130 valence electrons. The molecule has 7 nitrogen and oxygen atoms in total. The van der Waals surface area contributed by atoms with Gasteiger partial charge in [-0.2, -0.15) is 0 Å². The highest BCUT2D eigenvalue weighted by Crippen LogP contribution is 2.22. The van der Waals surface area contributed by atoms with E-state index in [1.54, 1.807) is 16.9 Å². The number of rotatable bonds is 6. The zero-order valence-corrected chi connectivity index (χ0v) is 13.8. The summed E-state index contributed by atoms with van der Waals surface area (Å²) in [5, 5.41) is 11.8. The van der Waals surface area contributed by atoms with E-state index in [9.17, 15) is 9.59 Å². The number of ether oxygens (including phenoxy) is 1. The number of carbonyl (C=O) groups is 2. The molecule has 0 spiro atoms. The smallest absolute Gasteiger partial charge is 0.318 e. The first-order valence-electron chi connectivity index (χ1n) is 8.20. The Morgan fingerprint density at radius 3 is 2.75 bits per heavy atom. The number of para-hydroxylation sites is 1. The number of likely N-dealkylation sites (tertiary alicyclic amines) is 1. The first-order chi connectivity index (χ1) is 11.6. The Labute approximate surface area is 141 Å². The van der Waals surface area contributed by atoms with E-state index < -0.39 is 0 Å². The van der Waals surface area contributed by atoms with Gasteiger partial charge in [0.2, 0.25) is 5.91 Å². The van der Waals surface area contributed by atoms with Crippen LogP contribution >= 0.6 is 0 Å². The molecular formula is C17H23N3O4. The third-order valence-electron chi connectivity index (χ3n) is 4.68. The van der Waals surface area contributed by atoms with Crippen molar-refractivity contribution in [2.24, 2.45) is 0 Å². The van der Waals surface area contributed by atoms with Crippen LogP contribution in [0.5, 0.6) is 5.75 Å². The molecule has 0 bridgehead atoms. The fraction of sp³-hybridized carbons (Fsp3) is 0.529. The molecule has 3 rings (SSSR count). The zero-order valence-electron chi connectivity index (χ0n) is 13.8. The first-order valence-corrected chi connectivity index (χ1v) is 8.20. The van der Waals surface area contributed by atoms with Crippen molar-refractivity contribution in [3.63, 3.8) is 0 Å². The van der Waals surface area contributed by atoms with Gasteiger partial charge in [-0.25, -0.2) is 4.79 Å². The zero-order chi connectivity index (χ0) is 17.1. The summed E-state index contributed by atoms with van der Waals surface area (Å²) in [6, 6.07) is 7.40. The molecule has 1 aromatic rings. The minimum Gasteiger partial charge on any atom is -0.496 e. The van der Waals surface area contributed by atoms with E-state index in [0.717, 1.165) is 11.3 Å². The topological polar surface area (TPSA) is 82.1 Å². The Hall–Kier alpha value is -2.28. The number of urea groups is 1. The molecule has 0 aliphatic carbocycles. The number of amides is 3.